The van der Waals surface area contributed by atoms with Crippen LogP contribution in [0.15, 0.2) is 42.5 Å². The quantitative estimate of drug-likeness (QED) is 0.586. The van der Waals surface area contributed by atoms with Crippen LogP contribution in [0.1, 0.15) is 24.9 Å². The van der Waals surface area contributed by atoms with Gasteiger partial charge in [-0.15, -0.1) is 0 Å². The Morgan fingerprint density at radius 3 is 2.33 bits per heavy atom. The van der Waals surface area contributed by atoms with E-state index in [9.17, 15) is 10.1 Å². The summed E-state index contributed by atoms with van der Waals surface area (Å²) >= 11 is 11.7. The molecule has 1 atom stereocenters. The van der Waals surface area contributed by atoms with Crippen LogP contribution in [-0.2, 0) is 0 Å². The molecule has 2 aromatic carbocycles. The van der Waals surface area contributed by atoms with Gasteiger partial charge in [-0.25, -0.2) is 0 Å². The molecular weight excluding hydrogens is 311 g/mol. The SMILES string of the molecule is CCC(Nc1ccc(Cl)cc1[N+](=O)[O-])c1ccc(Cl)cc1. The van der Waals surface area contributed by atoms with Gasteiger partial charge in [0.15, 0.2) is 0 Å². The number of anilines is 1. The Labute approximate surface area is 132 Å². The molecule has 0 bridgehead atoms. The molecule has 0 spiro atoms. The second-order valence-electron chi connectivity index (χ2n) is 4.58. The number of nitrogens with zero attached hydrogens (tertiary/aromatic N) is 1. The van der Waals surface area contributed by atoms with Gasteiger partial charge in [-0.1, -0.05) is 42.3 Å². The van der Waals surface area contributed by atoms with Crippen molar-refractivity contribution >= 4 is 34.6 Å². The molecule has 6 heteroatoms. The standard InChI is InChI=1S/C15H14Cl2N2O2/c1-2-13(10-3-5-11(16)6-4-10)18-14-8-7-12(17)9-15(14)19(20)21/h3-9,13,18H,2H2,1H3. The van der Waals surface area contributed by atoms with Crippen molar-refractivity contribution < 1.29 is 4.92 Å². The monoisotopic (exact) mass is 324 g/mol. The smallest absolute Gasteiger partial charge is 0.293 e. The van der Waals surface area contributed by atoms with Crippen LogP contribution in [-0.4, -0.2) is 4.92 Å². The fourth-order valence-electron chi connectivity index (χ4n) is 2.08. The van der Waals surface area contributed by atoms with Gasteiger partial charge in [0.05, 0.1) is 11.0 Å². The molecule has 0 aliphatic rings. The van der Waals surface area contributed by atoms with Gasteiger partial charge in [0.25, 0.3) is 5.69 Å². The van der Waals surface area contributed by atoms with Crippen LogP contribution in [0, 0.1) is 10.1 Å². The number of nitro groups is 1. The number of nitro benzene ring substituents is 1. The lowest BCUT2D eigenvalue weighted by atomic mass is 10.0. The van der Waals surface area contributed by atoms with E-state index < -0.39 is 4.92 Å². The summed E-state index contributed by atoms with van der Waals surface area (Å²) in [7, 11) is 0. The lowest BCUT2D eigenvalue weighted by molar-refractivity contribution is -0.384. The molecule has 0 aliphatic heterocycles. The number of hydrogen-bond donors (Lipinski definition) is 1. The molecule has 1 unspecified atom stereocenters. The second kappa shape index (κ2) is 6.78. The van der Waals surface area contributed by atoms with E-state index in [0.29, 0.717) is 15.7 Å². The second-order valence-corrected chi connectivity index (χ2v) is 5.45. The first kappa shape index (κ1) is 15.6. The number of nitrogens with one attached hydrogen (secondary N) is 1. The van der Waals surface area contributed by atoms with Crippen LogP contribution in [0.25, 0.3) is 0 Å². The summed E-state index contributed by atoms with van der Waals surface area (Å²) in [6.07, 6.45) is 0.779. The van der Waals surface area contributed by atoms with Gasteiger partial charge in [-0.3, -0.25) is 10.1 Å². The van der Waals surface area contributed by atoms with Crippen molar-refractivity contribution in [3.8, 4) is 0 Å². The highest BCUT2D eigenvalue weighted by Gasteiger charge is 2.18. The third-order valence-electron chi connectivity index (χ3n) is 3.17. The number of benzene rings is 2. The summed E-state index contributed by atoms with van der Waals surface area (Å²) in [6.45, 7) is 2.01. The normalized spacial score (nSPS) is 12.0. The maximum absolute atomic E-state index is 11.1. The summed E-state index contributed by atoms with van der Waals surface area (Å²) in [4.78, 5) is 10.7. The van der Waals surface area contributed by atoms with Crippen LogP contribution < -0.4 is 5.32 Å². The van der Waals surface area contributed by atoms with Crippen molar-refractivity contribution in [3.63, 3.8) is 0 Å². The summed E-state index contributed by atoms with van der Waals surface area (Å²) in [5.74, 6) is 0. The third-order valence-corrected chi connectivity index (χ3v) is 3.65. The lowest BCUT2D eigenvalue weighted by Gasteiger charge is -2.19. The van der Waals surface area contributed by atoms with E-state index in [1.807, 2.05) is 19.1 Å². The van der Waals surface area contributed by atoms with E-state index in [-0.39, 0.29) is 11.7 Å². The molecular formula is C15H14Cl2N2O2. The first-order valence-corrected chi connectivity index (χ1v) is 7.22. The third kappa shape index (κ3) is 3.86. The minimum absolute atomic E-state index is 0.0325. The number of rotatable bonds is 5. The molecule has 0 amide bonds. The summed E-state index contributed by atoms with van der Waals surface area (Å²) in [6, 6.07) is 12.0. The van der Waals surface area contributed by atoms with Crippen LogP contribution >= 0.6 is 23.2 Å². The Hall–Kier alpha value is -1.78. The average molecular weight is 325 g/mol. The predicted octanol–water partition coefficient (Wildman–Crippen LogP) is 5.46. The van der Waals surface area contributed by atoms with Crippen molar-refractivity contribution in [2.45, 2.75) is 19.4 Å². The Morgan fingerprint density at radius 1 is 1.14 bits per heavy atom. The van der Waals surface area contributed by atoms with Crippen LogP contribution in [0.2, 0.25) is 10.0 Å². The van der Waals surface area contributed by atoms with E-state index >= 15 is 0 Å². The minimum atomic E-state index is -0.442. The highest BCUT2D eigenvalue weighted by Crippen LogP contribution is 2.32. The topological polar surface area (TPSA) is 55.2 Å². The van der Waals surface area contributed by atoms with Crippen molar-refractivity contribution in [3.05, 3.63) is 68.2 Å². The van der Waals surface area contributed by atoms with E-state index in [4.69, 9.17) is 23.2 Å². The Morgan fingerprint density at radius 2 is 1.76 bits per heavy atom. The zero-order valence-corrected chi connectivity index (χ0v) is 12.9. The maximum Gasteiger partial charge on any atom is 0.293 e. The molecule has 4 nitrogen and oxygen atoms in total. The molecule has 0 aliphatic carbocycles. The highest BCUT2D eigenvalue weighted by molar-refractivity contribution is 6.31. The van der Waals surface area contributed by atoms with Crippen LogP contribution in [0.3, 0.4) is 0 Å². The minimum Gasteiger partial charge on any atom is -0.373 e. The van der Waals surface area contributed by atoms with Crippen LogP contribution in [0.5, 0.6) is 0 Å². The van der Waals surface area contributed by atoms with E-state index in [1.165, 1.54) is 6.07 Å². The van der Waals surface area contributed by atoms with Crippen molar-refractivity contribution in [1.82, 2.24) is 0 Å². The van der Waals surface area contributed by atoms with Gasteiger partial charge in [0.1, 0.15) is 5.69 Å². The van der Waals surface area contributed by atoms with Gasteiger partial charge in [-0.05, 0) is 36.2 Å². The first-order valence-electron chi connectivity index (χ1n) is 6.47. The summed E-state index contributed by atoms with van der Waals surface area (Å²) in [5.41, 5.74) is 1.44. The summed E-state index contributed by atoms with van der Waals surface area (Å²) < 4.78 is 0. The maximum atomic E-state index is 11.1. The fourth-order valence-corrected chi connectivity index (χ4v) is 2.37. The van der Waals surface area contributed by atoms with E-state index in [2.05, 4.69) is 5.32 Å². The molecule has 1 N–H and O–H groups in total. The van der Waals surface area contributed by atoms with E-state index in [0.717, 1.165) is 12.0 Å². The molecule has 110 valence electrons. The zero-order chi connectivity index (χ0) is 15.4. The Balaban J connectivity index is 2.30. The predicted molar refractivity (Wildman–Crippen MR) is 86.2 cm³/mol. The lowest BCUT2D eigenvalue weighted by Crippen LogP contribution is -2.11. The largest absolute Gasteiger partial charge is 0.373 e. The number of hydrogen-bond acceptors (Lipinski definition) is 3. The van der Waals surface area contributed by atoms with Gasteiger partial charge < -0.3 is 5.32 Å². The summed E-state index contributed by atoms with van der Waals surface area (Å²) in [5, 5.41) is 15.3. The van der Waals surface area contributed by atoms with Crippen molar-refractivity contribution in [2.75, 3.05) is 5.32 Å². The zero-order valence-electron chi connectivity index (χ0n) is 11.3. The Bertz CT molecular complexity index is 645. The molecule has 0 heterocycles. The van der Waals surface area contributed by atoms with E-state index in [1.54, 1.807) is 24.3 Å². The average Bonchev–Trinajstić information content (AvgIpc) is 2.47. The molecule has 0 radical (unpaired) electrons. The molecule has 0 saturated carbocycles. The Kier molecular flexibility index (Phi) is 5.04. The molecule has 0 aromatic heterocycles. The number of halogens is 2. The van der Waals surface area contributed by atoms with Gasteiger partial charge in [0.2, 0.25) is 0 Å². The fraction of sp³-hybridized carbons (Fsp3) is 0.200. The van der Waals surface area contributed by atoms with Gasteiger partial charge in [0, 0.05) is 16.1 Å². The molecule has 2 rings (SSSR count). The van der Waals surface area contributed by atoms with Crippen molar-refractivity contribution in [2.24, 2.45) is 0 Å². The van der Waals surface area contributed by atoms with Crippen molar-refractivity contribution in [1.29, 1.82) is 0 Å². The molecule has 0 saturated heterocycles. The molecule has 21 heavy (non-hydrogen) atoms. The van der Waals surface area contributed by atoms with Gasteiger partial charge >= 0.3 is 0 Å². The first-order chi connectivity index (χ1) is 10.0. The molecule has 0 fully saturated rings. The molecule has 2 aromatic rings. The van der Waals surface area contributed by atoms with Crippen LogP contribution in [0.4, 0.5) is 11.4 Å². The van der Waals surface area contributed by atoms with Gasteiger partial charge in [-0.2, -0.15) is 0 Å². The highest BCUT2D eigenvalue weighted by atomic mass is 35.5.